The van der Waals surface area contributed by atoms with Gasteiger partial charge in [-0.2, -0.15) is 0 Å². The lowest BCUT2D eigenvalue weighted by Gasteiger charge is -2.20. The summed E-state index contributed by atoms with van der Waals surface area (Å²) < 4.78 is 0. The van der Waals surface area contributed by atoms with E-state index >= 15 is 0 Å². The molecule has 2 nitrogen and oxygen atoms in total. The smallest absolute Gasteiger partial charge is 0.125 e. The average molecular weight is 184 g/mol. The second-order valence-corrected chi connectivity index (χ2v) is 3.88. The van der Waals surface area contributed by atoms with Crippen LogP contribution < -0.4 is 0 Å². The van der Waals surface area contributed by atoms with Crippen LogP contribution in [0.2, 0.25) is 0 Å². The van der Waals surface area contributed by atoms with Gasteiger partial charge in [0.25, 0.3) is 0 Å². The van der Waals surface area contributed by atoms with Crippen molar-refractivity contribution in [1.82, 2.24) is 0 Å². The minimum Gasteiger partial charge on any atom is -0.380 e. The predicted octanol–water partition coefficient (Wildman–Crippen LogP) is 1.56. The normalized spacial score (nSPS) is 17.5. The van der Waals surface area contributed by atoms with E-state index in [1.807, 2.05) is 20.8 Å². The molecule has 0 aromatic carbocycles. The summed E-state index contributed by atoms with van der Waals surface area (Å²) in [5.74, 6) is 5.44. The van der Waals surface area contributed by atoms with Crippen LogP contribution in [0.25, 0.3) is 0 Å². The Bertz CT molecular complexity index is 196. The number of aliphatic hydroxyl groups is 2. The molecule has 76 valence electrons. The molecule has 0 heterocycles. The quantitative estimate of drug-likeness (QED) is 0.653. The molecule has 2 N–H and O–H groups in total. The van der Waals surface area contributed by atoms with Crippen molar-refractivity contribution in [1.29, 1.82) is 0 Å². The van der Waals surface area contributed by atoms with E-state index in [0.717, 1.165) is 6.42 Å². The van der Waals surface area contributed by atoms with E-state index < -0.39 is 11.7 Å². The summed E-state index contributed by atoms with van der Waals surface area (Å²) in [5.41, 5.74) is -0.991. The number of rotatable bonds is 3. The van der Waals surface area contributed by atoms with Gasteiger partial charge >= 0.3 is 0 Å². The standard InChI is InChI=1S/C11H20O2/c1-5-6-10(12)7-8-11(4,13)9(2)3/h9-10,12-13H,5-6H2,1-4H3. The van der Waals surface area contributed by atoms with Crippen LogP contribution in [0.3, 0.4) is 0 Å². The molecule has 0 aliphatic heterocycles. The molecule has 0 rings (SSSR count). The fraction of sp³-hybridized carbons (Fsp3) is 0.818. The zero-order valence-corrected chi connectivity index (χ0v) is 8.96. The van der Waals surface area contributed by atoms with Gasteiger partial charge in [-0.1, -0.05) is 39.0 Å². The van der Waals surface area contributed by atoms with Gasteiger partial charge in [0.15, 0.2) is 0 Å². The maximum atomic E-state index is 9.72. The third-order valence-electron chi connectivity index (χ3n) is 2.18. The Balaban J connectivity index is 4.22. The first-order chi connectivity index (χ1) is 5.90. The Labute approximate surface area is 81.0 Å². The highest BCUT2D eigenvalue weighted by molar-refractivity contribution is 5.15. The van der Waals surface area contributed by atoms with Gasteiger partial charge in [-0.15, -0.1) is 0 Å². The van der Waals surface area contributed by atoms with E-state index in [9.17, 15) is 10.2 Å². The lowest BCUT2D eigenvalue weighted by atomic mass is 9.93. The summed E-state index contributed by atoms with van der Waals surface area (Å²) in [7, 11) is 0. The molecule has 0 saturated carbocycles. The summed E-state index contributed by atoms with van der Waals surface area (Å²) in [5, 5.41) is 19.0. The summed E-state index contributed by atoms with van der Waals surface area (Å²) >= 11 is 0. The maximum Gasteiger partial charge on any atom is 0.125 e. The van der Waals surface area contributed by atoms with Crippen LogP contribution in [0, 0.1) is 17.8 Å². The monoisotopic (exact) mass is 184 g/mol. The Morgan fingerprint density at radius 2 is 1.92 bits per heavy atom. The highest BCUT2D eigenvalue weighted by atomic mass is 16.3. The summed E-state index contributed by atoms with van der Waals surface area (Å²) in [4.78, 5) is 0. The second kappa shape index (κ2) is 5.26. The Morgan fingerprint density at radius 3 is 2.31 bits per heavy atom. The zero-order chi connectivity index (χ0) is 10.5. The van der Waals surface area contributed by atoms with Crippen LogP contribution >= 0.6 is 0 Å². The molecule has 0 bridgehead atoms. The first-order valence-corrected chi connectivity index (χ1v) is 4.83. The summed E-state index contributed by atoms with van der Waals surface area (Å²) in [6.45, 7) is 7.47. The number of aliphatic hydroxyl groups excluding tert-OH is 1. The van der Waals surface area contributed by atoms with Crippen LogP contribution in [-0.4, -0.2) is 21.9 Å². The Hall–Kier alpha value is -0.520. The highest BCUT2D eigenvalue weighted by Gasteiger charge is 2.21. The molecule has 0 radical (unpaired) electrons. The molecule has 0 aromatic heterocycles. The fourth-order valence-corrected chi connectivity index (χ4v) is 0.719. The third-order valence-corrected chi connectivity index (χ3v) is 2.18. The number of hydrogen-bond acceptors (Lipinski definition) is 2. The van der Waals surface area contributed by atoms with Crippen LogP contribution in [0.5, 0.6) is 0 Å². The van der Waals surface area contributed by atoms with E-state index in [0.29, 0.717) is 6.42 Å². The first-order valence-electron chi connectivity index (χ1n) is 4.83. The molecule has 0 aliphatic rings. The Kier molecular flexibility index (Phi) is 5.05. The first kappa shape index (κ1) is 12.5. The lowest BCUT2D eigenvalue weighted by Crippen LogP contribution is -2.29. The molecule has 0 amide bonds. The van der Waals surface area contributed by atoms with Gasteiger partial charge in [-0.3, -0.25) is 0 Å². The van der Waals surface area contributed by atoms with Gasteiger partial charge in [0.1, 0.15) is 11.7 Å². The van der Waals surface area contributed by atoms with Crippen molar-refractivity contribution < 1.29 is 10.2 Å². The molecule has 13 heavy (non-hydrogen) atoms. The molecule has 2 unspecified atom stereocenters. The van der Waals surface area contributed by atoms with Crippen molar-refractivity contribution in [3.05, 3.63) is 0 Å². The van der Waals surface area contributed by atoms with Crippen molar-refractivity contribution in [3.8, 4) is 11.8 Å². The topological polar surface area (TPSA) is 40.5 Å². The van der Waals surface area contributed by atoms with Crippen molar-refractivity contribution in [2.24, 2.45) is 5.92 Å². The molecule has 0 aromatic rings. The van der Waals surface area contributed by atoms with Gasteiger partial charge < -0.3 is 10.2 Å². The molecule has 0 fully saturated rings. The zero-order valence-electron chi connectivity index (χ0n) is 8.96. The van der Waals surface area contributed by atoms with Crippen molar-refractivity contribution in [3.63, 3.8) is 0 Å². The van der Waals surface area contributed by atoms with Crippen molar-refractivity contribution in [2.75, 3.05) is 0 Å². The fourth-order valence-electron chi connectivity index (χ4n) is 0.719. The van der Waals surface area contributed by atoms with E-state index in [-0.39, 0.29) is 5.92 Å². The van der Waals surface area contributed by atoms with Crippen LogP contribution in [0.15, 0.2) is 0 Å². The maximum absolute atomic E-state index is 9.72. The van der Waals surface area contributed by atoms with E-state index in [4.69, 9.17) is 0 Å². The molecule has 0 aliphatic carbocycles. The third kappa shape index (κ3) is 4.92. The van der Waals surface area contributed by atoms with Crippen LogP contribution in [-0.2, 0) is 0 Å². The van der Waals surface area contributed by atoms with Gasteiger partial charge in [-0.05, 0) is 19.3 Å². The number of hydrogen-bond donors (Lipinski definition) is 2. The van der Waals surface area contributed by atoms with Gasteiger partial charge in [0, 0.05) is 0 Å². The van der Waals surface area contributed by atoms with Gasteiger partial charge in [-0.25, -0.2) is 0 Å². The minimum absolute atomic E-state index is 0.0776. The van der Waals surface area contributed by atoms with E-state index in [2.05, 4.69) is 11.8 Å². The molecule has 2 atom stereocenters. The molecular weight excluding hydrogens is 164 g/mol. The Morgan fingerprint density at radius 1 is 1.38 bits per heavy atom. The minimum atomic E-state index is -0.991. The molecule has 0 spiro atoms. The largest absolute Gasteiger partial charge is 0.380 e. The summed E-state index contributed by atoms with van der Waals surface area (Å²) in [6.07, 6.45) is 0.969. The van der Waals surface area contributed by atoms with Crippen LogP contribution in [0.1, 0.15) is 40.5 Å². The van der Waals surface area contributed by atoms with Gasteiger partial charge in [0.2, 0.25) is 0 Å². The van der Waals surface area contributed by atoms with E-state index in [1.54, 1.807) is 6.92 Å². The molecule has 0 saturated heterocycles. The second-order valence-electron chi connectivity index (χ2n) is 3.88. The molecule has 2 heteroatoms. The molecular formula is C11H20O2. The van der Waals surface area contributed by atoms with Gasteiger partial charge in [0.05, 0.1) is 0 Å². The van der Waals surface area contributed by atoms with Crippen molar-refractivity contribution >= 4 is 0 Å². The van der Waals surface area contributed by atoms with Crippen molar-refractivity contribution in [2.45, 2.75) is 52.2 Å². The summed E-state index contributed by atoms with van der Waals surface area (Å²) in [6, 6.07) is 0. The highest BCUT2D eigenvalue weighted by Crippen LogP contribution is 2.14. The lowest BCUT2D eigenvalue weighted by molar-refractivity contribution is 0.0719. The average Bonchev–Trinajstić information content (AvgIpc) is 2.01. The SMILES string of the molecule is CCCC(O)C#CC(C)(O)C(C)C. The van der Waals surface area contributed by atoms with E-state index in [1.165, 1.54) is 0 Å². The van der Waals surface area contributed by atoms with Crippen LogP contribution in [0.4, 0.5) is 0 Å². The predicted molar refractivity (Wildman–Crippen MR) is 54.2 cm³/mol.